The van der Waals surface area contributed by atoms with E-state index >= 15 is 0 Å². The molecule has 1 aliphatic heterocycles. The van der Waals surface area contributed by atoms with E-state index in [-0.39, 0.29) is 6.04 Å². The zero-order valence-electron chi connectivity index (χ0n) is 11.7. The molecular formula is C14H18N6. The molecule has 6 nitrogen and oxygen atoms in total. The maximum Gasteiger partial charge on any atom is 0.146 e. The van der Waals surface area contributed by atoms with Crippen molar-refractivity contribution in [3.05, 3.63) is 35.4 Å². The Morgan fingerprint density at radius 3 is 2.75 bits per heavy atom. The van der Waals surface area contributed by atoms with Crippen LogP contribution in [-0.2, 0) is 0 Å². The molecule has 1 unspecified atom stereocenters. The number of aryl methyl sites for hydroxylation is 2. The van der Waals surface area contributed by atoms with Crippen LogP contribution in [0.5, 0.6) is 0 Å². The molecule has 0 spiro atoms. The van der Waals surface area contributed by atoms with Crippen molar-refractivity contribution in [1.29, 1.82) is 0 Å². The highest BCUT2D eigenvalue weighted by Crippen LogP contribution is 2.34. The number of hydrogen-bond acceptors (Lipinski definition) is 6. The van der Waals surface area contributed by atoms with Gasteiger partial charge in [-0.05, 0) is 38.8 Å². The smallest absolute Gasteiger partial charge is 0.146 e. The number of anilines is 2. The normalized spacial score (nSPS) is 18.5. The molecule has 0 aromatic carbocycles. The van der Waals surface area contributed by atoms with E-state index in [0.29, 0.717) is 5.82 Å². The van der Waals surface area contributed by atoms with Crippen molar-refractivity contribution in [3.8, 4) is 0 Å². The lowest BCUT2D eigenvalue weighted by Gasteiger charge is -2.25. The van der Waals surface area contributed by atoms with E-state index in [0.717, 1.165) is 42.4 Å². The Morgan fingerprint density at radius 2 is 2.05 bits per heavy atom. The first-order valence-corrected chi connectivity index (χ1v) is 6.81. The summed E-state index contributed by atoms with van der Waals surface area (Å²) in [6.07, 6.45) is 2.18. The standard InChI is InChI=1S/C14H18N6/c1-9-8-14(17-10(2)16-9)20-7-3-4-12(20)11-5-6-13(15)19-18-11/h5-6,8,12H,3-4,7H2,1-2H3,(H2,15,19). The molecule has 0 bridgehead atoms. The van der Waals surface area contributed by atoms with Gasteiger partial charge in [-0.15, -0.1) is 5.10 Å². The van der Waals surface area contributed by atoms with E-state index in [1.165, 1.54) is 0 Å². The zero-order valence-corrected chi connectivity index (χ0v) is 11.7. The maximum atomic E-state index is 5.60. The fraction of sp³-hybridized carbons (Fsp3) is 0.429. The third-order valence-corrected chi connectivity index (χ3v) is 3.55. The predicted molar refractivity (Wildman–Crippen MR) is 77.3 cm³/mol. The molecule has 2 aromatic rings. The average molecular weight is 270 g/mol. The molecule has 2 N–H and O–H groups in total. The molecule has 1 fully saturated rings. The summed E-state index contributed by atoms with van der Waals surface area (Å²) in [5, 5.41) is 8.18. The summed E-state index contributed by atoms with van der Waals surface area (Å²) in [4.78, 5) is 11.2. The van der Waals surface area contributed by atoms with E-state index in [1.54, 1.807) is 6.07 Å². The maximum absolute atomic E-state index is 5.60. The van der Waals surface area contributed by atoms with Gasteiger partial charge in [0.2, 0.25) is 0 Å². The van der Waals surface area contributed by atoms with Crippen molar-refractivity contribution < 1.29 is 0 Å². The molecule has 1 atom stereocenters. The predicted octanol–water partition coefficient (Wildman–Crippen LogP) is 1.81. The monoisotopic (exact) mass is 270 g/mol. The third-order valence-electron chi connectivity index (χ3n) is 3.55. The zero-order chi connectivity index (χ0) is 14.1. The minimum Gasteiger partial charge on any atom is -0.382 e. The summed E-state index contributed by atoms with van der Waals surface area (Å²) >= 11 is 0. The number of rotatable bonds is 2. The molecule has 104 valence electrons. The van der Waals surface area contributed by atoms with Crippen molar-refractivity contribution in [2.45, 2.75) is 32.7 Å². The van der Waals surface area contributed by atoms with Gasteiger partial charge in [0.1, 0.15) is 17.5 Å². The Morgan fingerprint density at radius 1 is 1.20 bits per heavy atom. The van der Waals surface area contributed by atoms with Gasteiger partial charge in [0, 0.05) is 18.3 Å². The van der Waals surface area contributed by atoms with Gasteiger partial charge in [0.15, 0.2) is 0 Å². The van der Waals surface area contributed by atoms with Gasteiger partial charge < -0.3 is 10.6 Å². The third kappa shape index (κ3) is 2.41. The van der Waals surface area contributed by atoms with Gasteiger partial charge in [-0.25, -0.2) is 9.97 Å². The van der Waals surface area contributed by atoms with E-state index in [4.69, 9.17) is 5.73 Å². The summed E-state index contributed by atoms with van der Waals surface area (Å²) < 4.78 is 0. The summed E-state index contributed by atoms with van der Waals surface area (Å²) in [5.41, 5.74) is 7.54. The fourth-order valence-electron chi connectivity index (χ4n) is 2.72. The second-order valence-corrected chi connectivity index (χ2v) is 5.15. The lowest BCUT2D eigenvalue weighted by Crippen LogP contribution is -2.25. The van der Waals surface area contributed by atoms with Crippen molar-refractivity contribution in [2.24, 2.45) is 0 Å². The molecule has 20 heavy (non-hydrogen) atoms. The van der Waals surface area contributed by atoms with Crippen LogP contribution in [0.1, 0.15) is 36.1 Å². The number of nitrogens with zero attached hydrogens (tertiary/aromatic N) is 5. The molecule has 1 aliphatic rings. The van der Waals surface area contributed by atoms with Crippen LogP contribution in [0, 0.1) is 13.8 Å². The molecule has 6 heteroatoms. The van der Waals surface area contributed by atoms with Crippen LogP contribution in [0.2, 0.25) is 0 Å². The molecule has 3 heterocycles. The Labute approximate surface area is 118 Å². The lowest BCUT2D eigenvalue weighted by atomic mass is 10.1. The van der Waals surface area contributed by atoms with Crippen molar-refractivity contribution >= 4 is 11.6 Å². The Bertz CT molecular complexity index is 589. The van der Waals surface area contributed by atoms with Gasteiger partial charge in [-0.1, -0.05) is 0 Å². The molecule has 2 aromatic heterocycles. The average Bonchev–Trinajstić information content (AvgIpc) is 2.87. The second kappa shape index (κ2) is 5.03. The van der Waals surface area contributed by atoms with Crippen molar-refractivity contribution in [1.82, 2.24) is 20.2 Å². The van der Waals surface area contributed by atoms with Gasteiger partial charge in [-0.3, -0.25) is 0 Å². The highest BCUT2D eigenvalue weighted by atomic mass is 15.3. The fourth-order valence-corrected chi connectivity index (χ4v) is 2.72. The van der Waals surface area contributed by atoms with Gasteiger partial charge in [0.25, 0.3) is 0 Å². The van der Waals surface area contributed by atoms with E-state index < -0.39 is 0 Å². The van der Waals surface area contributed by atoms with Crippen molar-refractivity contribution in [2.75, 3.05) is 17.2 Å². The number of nitrogen functional groups attached to an aromatic ring is 1. The molecule has 0 aliphatic carbocycles. The molecule has 0 saturated carbocycles. The molecule has 0 radical (unpaired) electrons. The number of aromatic nitrogens is 4. The molecular weight excluding hydrogens is 252 g/mol. The van der Waals surface area contributed by atoms with Crippen LogP contribution >= 0.6 is 0 Å². The lowest BCUT2D eigenvalue weighted by molar-refractivity contribution is 0.671. The summed E-state index contributed by atoms with van der Waals surface area (Å²) in [6.45, 7) is 4.89. The highest BCUT2D eigenvalue weighted by molar-refractivity contribution is 5.44. The van der Waals surface area contributed by atoms with Gasteiger partial charge in [0.05, 0.1) is 11.7 Å². The summed E-state index contributed by atoms with van der Waals surface area (Å²) in [6, 6.07) is 5.99. The van der Waals surface area contributed by atoms with Crippen LogP contribution in [-0.4, -0.2) is 26.7 Å². The molecule has 1 saturated heterocycles. The Kier molecular flexibility index (Phi) is 3.22. The van der Waals surface area contributed by atoms with E-state index in [2.05, 4.69) is 25.1 Å². The SMILES string of the molecule is Cc1cc(N2CCCC2c2ccc(N)nn2)nc(C)n1. The van der Waals surface area contributed by atoms with E-state index in [1.807, 2.05) is 26.0 Å². The first-order valence-electron chi connectivity index (χ1n) is 6.81. The molecule has 3 rings (SSSR count). The summed E-state index contributed by atoms with van der Waals surface area (Å²) in [7, 11) is 0. The van der Waals surface area contributed by atoms with Crippen LogP contribution in [0.3, 0.4) is 0 Å². The van der Waals surface area contributed by atoms with Crippen LogP contribution in [0.15, 0.2) is 18.2 Å². The molecule has 0 amide bonds. The Hall–Kier alpha value is -2.24. The van der Waals surface area contributed by atoms with E-state index in [9.17, 15) is 0 Å². The largest absolute Gasteiger partial charge is 0.382 e. The van der Waals surface area contributed by atoms with Crippen LogP contribution < -0.4 is 10.6 Å². The first kappa shape index (κ1) is 12.8. The quantitative estimate of drug-likeness (QED) is 0.896. The number of hydrogen-bond donors (Lipinski definition) is 1. The topological polar surface area (TPSA) is 80.8 Å². The highest BCUT2D eigenvalue weighted by Gasteiger charge is 2.28. The van der Waals surface area contributed by atoms with Crippen LogP contribution in [0.4, 0.5) is 11.6 Å². The number of nitrogens with two attached hydrogens (primary N) is 1. The first-order chi connectivity index (χ1) is 9.63. The van der Waals surface area contributed by atoms with Gasteiger partial charge >= 0.3 is 0 Å². The van der Waals surface area contributed by atoms with Crippen molar-refractivity contribution in [3.63, 3.8) is 0 Å². The van der Waals surface area contributed by atoms with Gasteiger partial charge in [-0.2, -0.15) is 5.10 Å². The Balaban J connectivity index is 1.94. The van der Waals surface area contributed by atoms with Crippen LogP contribution in [0.25, 0.3) is 0 Å². The minimum atomic E-state index is 0.219. The minimum absolute atomic E-state index is 0.219. The summed E-state index contributed by atoms with van der Waals surface area (Å²) in [5.74, 6) is 2.22. The second-order valence-electron chi connectivity index (χ2n) is 5.15.